The molecule has 17 heavy (non-hydrogen) atoms. The van der Waals surface area contributed by atoms with Gasteiger partial charge in [0.15, 0.2) is 0 Å². The minimum atomic E-state index is -0.270. The molecule has 0 aliphatic heterocycles. The first-order valence-corrected chi connectivity index (χ1v) is 6.27. The van der Waals surface area contributed by atoms with Gasteiger partial charge >= 0.3 is 0 Å². The maximum Gasteiger partial charge on any atom is 0.146 e. The second-order valence-electron chi connectivity index (χ2n) is 6.23. The Hall–Kier alpha value is -1.18. The molecule has 0 aromatic rings. The van der Waals surface area contributed by atoms with Crippen LogP contribution in [0.4, 0.5) is 0 Å². The molecule has 0 amide bonds. The second-order valence-corrected chi connectivity index (χ2v) is 6.23. The monoisotopic (exact) mass is 232 g/mol. The lowest BCUT2D eigenvalue weighted by Gasteiger charge is -2.19. The smallest absolute Gasteiger partial charge is 0.146 e. The number of rotatable bonds is 2. The average molecular weight is 232 g/mol. The van der Waals surface area contributed by atoms with Crippen molar-refractivity contribution in [2.45, 2.75) is 33.1 Å². The van der Waals surface area contributed by atoms with Crippen LogP contribution in [-0.2, 0) is 9.59 Å². The second kappa shape index (κ2) is 4.25. The maximum atomic E-state index is 11.1. The number of allylic oxidation sites excluding steroid dienone is 3. The van der Waals surface area contributed by atoms with Crippen LogP contribution >= 0.6 is 0 Å². The van der Waals surface area contributed by atoms with Crippen molar-refractivity contribution in [1.82, 2.24) is 0 Å². The van der Waals surface area contributed by atoms with Gasteiger partial charge in [-0.3, -0.25) is 4.79 Å². The van der Waals surface area contributed by atoms with Crippen molar-refractivity contribution in [3.63, 3.8) is 0 Å². The molecule has 2 nitrogen and oxygen atoms in total. The summed E-state index contributed by atoms with van der Waals surface area (Å²) in [4.78, 5) is 22.1. The maximum absolute atomic E-state index is 11.1. The van der Waals surface area contributed by atoms with Crippen LogP contribution in [0.2, 0.25) is 0 Å². The average Bonchev–Trinajstić information content (AvgIpc) is 2.52. The molecular formula is C15H20O2. The molecule has 0 N–H and O–H groups in total. The van der Waals surface area contributed by atoms with E-state index in [1.807, 2.05) is 6.08 Å². The van der Waals surface area contributed by atoms with Crippen molar-refractivity contribution in [3.05, 3.63) is 23.8 Å². The van der Waals surface area contributed by atoms with Crippen LogP contribution < -0.4 is 0 Å². The fourth-order valence-electron chi connectivity index (χ4n) is 3.41. The van der Waals surface area contributed by atoms with E-state index in [0.29, 0.717) is 29.2 Å². The Bertz CT molecular complexity index is 390. The number of fused-ring (bicyclic) bond motifs is 1. The van der Waals surface area contributed by atoms with Crippen LogP contribution in [0.5, 0.6) is 0 Å². The van der Waals surface area contributed by atoms with Crippen molar-refractivity contribution in [3.8, 4) is 0 Å². The Morgan fingerprint density at radius 1 is 1.35 bits per heavy atom. The molecule has 92 valence electrons. The first kappa shape index (κ1) is 12.3. The molecule has 2 rings (SSSR count). The molecule has 0 unspecified atom stereocenters. The third kappa shape index (κ3) is 2.26. The number of aldehydes is 2. The van der Waals surface area contributed by atoms with Crippen molar-refractivity contribution >= 4 is 12.6 Å². The predicted molar refractivity (Wildman–Crippen MR) is 67.5 cm³/mol. The summed E-state index contributed by atoms with van der Waals surface area (Å²) in [5, 5.41) is 0. The van der Waals surface area contributed by atoms with E-state index in [1.54, 1.807) is 0 Å². The molecule has 2 aliphatic carbocycles. The summed E-state index contributed by atoms with van der Waals surface area (Å²) in [6, 6.07) is 0. The van der Waals surface area contributed by atoms with Gasteiger partial charge in [-0.05, 0) is 42.1 Å². The van der Waals surface area contributed by atoms with Crippen molar-refractivity contribution in [2.75, 3.05) is 0 Å². The van der Waals surface area contributed by atoms with E-state index in [1.165, 1.54) is 0 Å². The Balaban J connectivity index is 2.35. The zero-order valence-corrected chi connectivity index (χ0v) is 10.6. The minimum Gasteiger partial charge on any atom is -0.303 e. The topological polar surface area (TPSA) is 34.1 Å². The molecule has 0 aromatic carbocycles. The van der Waals surface area contributed by atoms with E-state index in [9.17, 15) is 9.59 Å². The van der Waals surface area contributed by atoms with E-state index < -0.39 is 0 Å². The zero-order chi connectivity index (χ0) is 12.6. The zero-order valence-electron chi connectivity index (χ0n) is 10.6. The summed E-state index contributed by atoms with van der Waals surface area (Å²) >= 11 is 0. The fraction of sp³-hybridized carbons (Fsp3) is 0.600. The normalized spacial score (nSPS) is 35.8. The molecule has 0 aromatic heterocycles. The number of hydrogen-bond donors (Lipinski definition) is 0. The summed E-state index contributed by atoms with van der Waals surface area (Å²) in [5.74, 6) is 0.571. The summed E-state index contributed by atoms with van der Waals surface area (Å²) in [7, 11) is 0. The molecule has 3 atom stereocenters. The molecule has 0 radical (unpaired) electrons. The standard InChI is InChI=1S/C15H20O2/c1-10-4-12(8-16)13(9-17)5-11-6-15(2,3)7-14(10)11/h5,8-9,11-12,14H,1,4,6-7H2,2-3H3/t11-,12-,14-/m1/s1. The Morgan fingerprint density at radius 3 is 2.65 bits per heavy atom. The highest BCUT2D eigenvalue weighted by Gasteiger charge is 2.41. The van der Waals surface area contributed by atoms with Crippen LogP contribution in [-0.4, -0.2) is 12.6 Å². The van der Waals surface area contributed by atoms with E-state index in [2.05, 4.69) is 20.4 Å². The van der Waals surface area contributed by atoms with E-state index in [-0.39, 0.29) is 5.92 Å². The first-order chi connectivity index (χ1) is 7.96. The van der Waals surface area contributed by atoms with Gasteiger partial charge in [-0.2, -0.15) is 0 Å². The molecule has 2 heteroatoms. The highest BCUT2D eigenvalue weighted by atomic mass is 16.1. The molecule has 2 aliphatic rings. The number of carbonyl (C=O) groups excluding carboxylic acids is 2. The lowest BCUT2D eigenvalue weighted by molar-refractivity contribution is -0.112. The van der Waals surface area contributed by atoms with Crippen LogP contribution in [0.3, 0.4) is 0 Å². The summed E-state index contributed by atoms with van der Waals surface area (Å²) in [6.07, 6.45) is 6.61. The Kier molecular flexibility index (Phi) is 3.07. The predicted octanol–water partition coefficient (Wildman–Crippen LogP) is 2.94. The van der Waals surface area contributed by atoms with Gasteiger partial charge in [0, 0.05) is 5.92 Å². The molecule has 0 heterocycles. The van der Waals surface area contributed by atoms with Crippen LogP contribution in [0.1, 0.15) is 33.1 Å². The quantitative estimate of drug-likeness (QED) is 0.542. The van der Waals surface area contributed by atoms with Crippen LogP contribution in [0.25, 0.3) is 0 Å². The molecule has 0 bridgehead atoms. The molecule has 1 saturated carbocycles. The van der Waals surface area contributed by atoms with Crippen molar-refractivity contribution < 1.29 is 9.59 Å². The highest BCUT2D eigenvalue weighted by Crippen LogP contribution is 2.51. The third-order valence-electron chi connectivity index (χ3n) is 4.22. The lowest BCUT2D eigenvalue weighted by Crippen LogP contribution is -2.10. The van der Waals surface area contributed by atoms with Gasteiger partial charge in [-0.1, -0.05) is 32.1 Å². The highest BCUT2D eigenvalue weighted by molar-refractivity contribution is 5.81. The molecule has 0 spiro atoms. The number of hydrogen-bond acceptors (Lipinski definition) is 2. The first-order valence-electron chi connectivity index (χ1n) is 6.27. The molecule has 1 fully saturated rings. The van der Waals surface area contributed by atoms with E-state index >= 15 is 0 Å². The fourth-order valence-corrected chi connectivity index (χ4v) is 3.41. The van der Waals surface area contributed by atoms with Gasteiger partial charge in [0.2, 0.25) is 0 Å². The van der Waals surface area contributed by atoms with Gasteiger partial charge < -0.3 is 4.79 Å². The van der Waals surface area contributed by atoms with Crippen LogP contribution in [0, 0.1) is 23.2 Å². The van der Waals surface area contributed by atoms with Gasteiger partial charge in [0.25, 0.3) is 0 Å². The Morgan fingerprint density at radius 2 is 2.06 bits per heavy atom. The summed E-state index contributed by atoms with van der Waals surface area (Å²) in [6.45, 7) is 8.67. The van der Waals surface area contributed by atoms with E-state index in [0.717, 1.165) is 31.0 Å². The van der Waals surface area contributed by atoms with Gasteiger partial charge in [-0.15, -0.1) is 0 Å². The van der Waals surface area contributed by atoms with Crippen molar-refractivity contribution in [2.24, 2.45) is 23.2 Å². The lowest BCUT2D eigenvalue weighted by atomic mass is 9.85. The summed E-state index contributed by atoms with van der Waals surface area (Å²) < 4.78 is 0. The SMILES string of the molecule is C=C1C[C@H](C=O)C(C=O)=C[C@@H]2CC(C)(C)C[C@H]12. The minimum absolute atomic E-state index is 0.270. The third-order valence-corrected chi connectivity index (χ3v) is 4.22. The molecular weight excluding hydrogens is 212 g/mol. The largest absolute Gasteiger partial charge is 0.303 e. The van der Waals surface area contributed by atoms with Crippen molar-refractivity contribution in [1.29, 1.82) is 0 Å². The molecule has 0 saturated heterocycles. The summed E-state index contributed by atoms with van der Waals surface area (Å²) in [5.41, 5.74) is 2.12. The van der Waals surface area contributed by atoms with E-state index in [4.69, 9.17) is 0 Å². The van der Waals surface area contributed by atoms with Gasteiger partial charge in [-0.25, -0.2) is 0 Å². The Labute approximate surface area is 103 Å². The van der Waals surface area contributed by atoms with Crippen LogP contribution in [0.15, 0.2) is 23.8 Å². The van der Waals surface area contributed by atoms with Gasteiger partial charge in [0.05, 0.1) is 0 Å². The number of carbonyl (C=O) groups is 2. The van der Waals surface area contributed by atoms with Gasteiger partial charge in [0.1, 0.15) is 12.6 Å².